The average molecular weight is 545 g/mol. The molecule has 37 heavy (non-hydrogen) atoms. The van der Waals surface area contributed by atoms with Crippen molar-refractivity contribution in [2.75, 3.05) is 23.9 Å². The van der Waals surface area contributed by atoms with E-state index in [0.717, 1.165) is 16.4 Å². The number of hydrogen-bond donors (Lipinski definition) is 3. The van der Waals surface area contributed by atoms with E-state index in [1.165, 1.54) is 18.9 Å². The van der Waals surface area contributed by atoms with Crippen LogP contribution in [-0.2, 0) is 30.6 Å². The van der Waals surface area contributed by atoms with Crippen LogP contribution in [0.25, 0.3) is 0 Å². The third-order valence-corrected chi connectivity index (χ3v) is 7.09. The van der Waals surface area contributed by atoms with Crippen LogP contribution in [0.3, 0.4) is 0 Å². The minimum atomic E-state index is -1.50. The van der Waals surface area contributed by atoms with Gasteiger partial charge < -0.3 is 31.1 Å². The van der Waals surface area contributed by atoms with Gasteiger partial charge in [0, 0.05) is 23.4 Å². The molecule has 4 heterocycles. The summed E-state index contributed by atoms with van der Waals surface area (Å²) in [6, 6.07) is 2.47. The Morgan fingerprint density at radius 3 is 2.95 bits per heavy atom. The lowest BCUT2D eigenvalue weighted by Gasteiger charge is -2.50. The number of allylic oxidation sites excluding steroid dienone is 2. The number of nitrogens with zero attached hydrogens (tertiary/aromatic N) is 5. The van der Waals surface area contributed by atoms with Gasteiger partial charge in [-0.2, -0.15) is 13.9 Å². The molecular weight excluding hydrogens is 524 g/mol. The standard InChI is InChI=1S/C21H20N8O6S2/c1-35-26-13(16-25-21(22)37-27-16)17(31)24-14-18(32)29-15(20(33)34)11(9-36-19(14)29)4-2-6-28-7-3-5-12(8-28)23-10-30/h2-5,7-8,10,14,19H,6,9H2,1H3,(H4-,22,23,24,25,27,30,31,33,34)/t14?,19-/m0/s1. The maximum Gasteiger partial charge on any atom is 0.278 e. The molecular formula is C21H20N8O6S2. The Kier molecular flexibility index (Phi) is 7.78. The van der Waals surface area contributed by atoms with E-state index < -0.39 is 29.2 Å². The lowest BCUT2D eigenvalue weighted by molar-refractivity contribution is -0.686. The summed E-state index contributed by atoms with van der Waals surface area (Å²) in [6.45, 7) is 0.385. The fourth-order valence-electron chi connectivity index (χ4n) is 3.68. The van der Waals surface area contributed by atoms with Crippen LogP contribution in [0.15, 0.2) is 53.1 Å². The number of amides is 3. The fourth-order valence-corrected chi connectivity index (χ4v) is 5.43. The van der Waals surface area contributed by atoms with Gasteiger partial charge in [0.2, 0.25) is 17.9 Å². The van der Waals surface area contributed by atoms with Crippen LogP contribution in [0.1, 0.15) is 5.82 Å². The van der Waals surface area contributed by atoms with Gasteiger partial charge in [-0.15, -0.1) is 11.8 Å². The first-order chi connectivity index (χ1) is 17.8. The van der Waals surface area contributed by atoms with Crippen LogP contribution in [0.5, 0.6) is 0 Å². The van der Waals surface area contributed by atoms with E-state index in [-0.39, 0.29) is 28.1 Å². The van der Waals surface area contributed by atoms with Crippen LogP contribution in [0.2, 0.25) is 0 Å². The number of pyridine rings is 1. The van der Waals surface area contributed by atoms with E-state index >= 15 is 0 Å². The number of aromatic nitrogens is 3. The van der Waals surface area contributed by atoms with Gasteiger partial charge in [0.1, 0.15) is 24.2 Å². The summed E-state index contributed by atoms with van der Waals surface area (Å²) in [5.41, 5.74) is 6.04. The van der Waals surface area contributed by atoms with Crippen molar-refractivity contribution in [2.24, 2.45) is 5.16 Å². The van der Waals surface area contributed by atoms with E-state index in [1.807, 2.05) is 0 Å². The molecule has 0 spiro atoms. The highest BCUT2D eigenvalue weighted by Gasteiger charge is 2.53. The Morgan fingerprint density at radius 1 is 1.46 bits per heavy atom. The molecule has 1 fully saturated rings. The molecule has 2 aromatic rings. The van der Waals surface area contributed by atoms with E-state index in [2.05, 4.69) is 25.1 Å². The number of nitrogens with two attached hydrogens (primary N) is 1. The van der Waals surface area contributed by atoms with Crippen LogP contribution in [0, 0.1) is 0 Å². The predicted molar refractivity (Wildman–Crippen MR) is 130 cm³/mol. The highest BCUT2D eigenvalue weighted by atomic mass is 32.2. The highest BCUT2D eigenvalue weighted by molar-refractivity contribution is 8.00. The second-order valence-electron chi connectivity index (χ2n) is 7.55. The monoisotopic (exact) mass is 544 g/mol. The van der Waals surface area contributed by atoms with Crippen LogP contribution >= 0.6 is 23.3 Å². The third kappa shape index (κ3) is 5.44. The van der Waals surface area contributed by atoms with E-state index in [1.54, 1.807) is 41.2 Å². The molecule has 16 heteroatoms. The second-order valence-corrected chi connectivity index (χ2v) is 9.44. The van der Waals surface area contributed by atoms with Crippen molar-refractivity contribution in [1.82, 2.24) is 19.6 Å². The number of fused-ring (bicyclic) bond motifs is 1. The van der Waals surface area contributed by atoms with Crippen molar-refractivity contribution in [3.05, 3.63) is 53.8 Å². The van der Waals surface area contributed by atoms with Crippen molar-refractivity contribution < 1.29 is 33.7 Å². The molecule has 192 valence electrons. The number of nitrogen functional groups attached to an aromatic ring is 1. The SMILES string of the molecule is CON=C(C(=O)NC1C(=O)N2C(C(=O)[O-])=C(C=CC[n+]3cccc(NC=O)c3)CS[C@@H]12)c1nsc(N)n1. The topological polar surface area (TPSA) is 196 Å². The zero-order chi connectivity index (χ0) is 26.5. The van der Waals surface area contributed by atoms with Crippen molar-refractivity contribution >= 4 is 64.0 Å². The first-order valence-electron chi connectivity index (χ1n) is 10.6. The van der Waals surface area contributed by atoms with Gasteiger partial charge in [-0.1, -0.05) is 11.2 Å². The lowest BCUT2D eigenvalue weighted by atomic mass is 10.0. The number of carboxylic acids is 1. The first kappa shape index (κ1) is 25.8. The molecule has 3 amide bonds. The van der Waals surface area contributed by atoms with Gasteiger partial charge in [0.05, 0.1) is 11.7 Å². The Morgan fingerprint density at radius 2 is 2.27 bits per heavy atom. The van der Waals surface area contributed by atoms with Crippen molar-refractivity contribution in [2.45, 2.75) is 18.0 Å². The lowest BCUT2D eigenvalue weighted by Crippen LogP contribution is -2.71. The maximum atomic E-state index is 12.9. The summed E-state index contributed by atoms with van der Waals surface area (Å²) in [5.74, 6) is -2.68. The molecule has 2 atom stereocenters. The number of carbonyl (C=O) groups is 4. The number of carbonyl (C=O) groups excluding carboxylic acids is 4. The Bertz CT molecular complexity index is 1340. The molecule has 0 aliphatic carbocycles. The quantitative estimate of drug-likeness (QED) is 0.0988. The van der Waals surface area contributed by atoms with Crippen molar-refractivity contribution in [1.29, 1.82) is 0 Å². The number of thioether (sulfide) groups is 1. The van der Waals surface area contributed by atoms with Gasteiger partial charge in [0.25, 0.3) is 11.8 Å². The van der Waals surface area contributed by atoms with Crippen LogP contribution in [-0.4, -0.2) is 68.4 Å². The molecule has 0 bridgehead atoms. The van der Waals surface area contributed by atoms with Gasteiger partial charge in [-0.25, -0.2) is 0 Å². The van der Waals surface area contributed by atoms with Crippen LogP contribution < -0.4 is 26.0 Å². The van der Waals surface area contributed by atoms with E-state index in [4.69, 9.17) is 10.6 Å². The van der Waals surface area contributed by atoms with E-state index in [0.29, 0.717) is 24.2 Å². The molecule has 1 unspecified atom stereocenters. The Balaban J connectivity index is 1.48. The molecule has 14 nitrogen and oxygen atoms in total. The summed E-state index contributed by atoms with van der Waals surface area (Å²) < 4.78 is 5.71. The first-order valence-corrected chi connectivity index (χ1v) is 12.4. The van der Waals surface area contributed by atoms with Crippen molar-refractivity contribution in [3.8, 4) is 0 Å². The molecule has 2 aromatic heterocycles. The molecule has 0 aromatic carbocycles. The van der Waals surface area contributed by atoms with Gasteiger partial charge in [0.15, 0.2) is 24.1 Å². The zero-order valence-corrected chi connectivity index (χ0v) is 20.8. The summed E-state index contributed by atoms with van der Waals surface area (Å²) >= 11 is 2.15. The summed E-state index contributed by atoms with van der Waals surface area (Å²) in [4.78, 5) is 58.0. The fraction of sp³-hybridized carbons (Fsp3) is 0.238. The van der Waals surface area contributed by atoms with E-state index in [9.17, 15) is 24.3 Å². The summed E-state index contributed by atoms with van der Waals surface area (Å²) in [5, 5.41) is 20.1. The molecule has 0 saturated carbocycles. The normalized spacial score (nSPS) is 19.3. The van der Waals surface area contributed by atoms with Gasteiger partial charge in [-0.3, -0.25) is 19.3 Å². The minimum absolute atomic E-state index is 0.0603. The number of rotatable bonds is 10. The average Bonchev–Trinajstić information content (AvgIpc) is 3.31. The van der Waals surface area contributed by atoms with Gasteiger partial charge >= 0.3 is 0 Å². The number of carboxylic acid groups (broad SMARTS) is 1. The molecule has 2 aliphatic heterocycles. The summed E-state index contributed by atoms with van der Waals surface area (Å²) in [7, 11) is 1.24. The second kappa shape index (κ2) is 11.2. The molecule has 2 aliphatic rings. The summed E-state index contributed by atoms with van der Waals surface area (Å²) in [6.07, 6.45) is 7.40. The van der Waals surface area contributed by atoms with Gasteiger partial charge in [-0.05, 0) is 17.7 Å². The number of anilines is 2. The highest BCUT2D eigenvalue weighted by Crippen LogP contribution is 2.40. The maximum absolute atomic E-state index is 12.9. The largest absolute Gasteiger partial charge is 0.543 e. The Hall–Kier alpha value is -4.31. The molecule has 4 rings (SSSR count). The number of aliphatic carboxylic acids is 1. The number of β-lactam (4-membered cyclic amide) rings is 1. The number of hydrogen-bond acceptors (Lipinski definition) is 12. The molecule has 1 saturated heterocycles. The molecule has 4 N–H and O–H groups in total. The number of nitrogens with one attached hydrogen (secondary N) is 2. The minimum Gasteiger partial charge on any atom is -0.543 e. The smallest absolute Gasteiger partial charge is 0.278 e. The van der Waals surface area contributed by atoms with Crippen molar-refractivity contribution in [3.63, 3.8) is 0 Å². The van der Waals surface area contributed by atoms with Crippen LogP contribution in [0.4, 0.5) is 10.8 Å². The molecule has 0 radical (unpaired) electrons. The predicted octanol–water partition coefficient (Wildman–Crippen LogP) is -2.01. The zero-order valence-electron chi connectivity index (χ0n) is 19.2. The third-order valence-electron chi connectivity index (χ3n) is 5.25. The Labute approximate surface area is 218 Å². The number of oxime groups is 1.